The molecule has 0 amide bonds. The fraction of sp³-hybridized carbons (Fsp3) is 0.0769. The van der Waals surface area contributed by atoms with Crippen LogP contribution in [-0.4, -0.2) is 15.0 Å². The zero-order valence-corrected chi connectivity index (χ0v) is 9.32. The lowest BCUT2D eigenvalue weighted by Crippen LogP contribution is -2.05. The summed E-state index contributed by atoms with van der Waals surface area (Å²) in [6, 6.07) is 9.87. The standard InChI is InChI=1S/C13H11N3O/c1-8-10-12(14-7-15-13(10)17)11(16-8)9-5-3-2-4-6-9/h2-7,16H,1H3,(H,14,15,17). The van der Waals surface area contributed by atoms with Gasteiger partial charge in [0.1, 0.15) is 5.52 Å². The van der Waals surface area contributed by atoms with Crippen LogP contribution in [0.4, 0.5) is 0 Å². The summed E-state index contributed by atoms with van der Waals surface area (Å²) in [4.78, 5) is 21.8. The second-order valence-electron chi connectivity index (χ2n) is 3.95. The van der Waals surface area contributed by atoms with Crippen LogP contribution in [-0.2, 0) is 0 Å². The number of nitrogens with zero attached hydrogens (tertiary/aromatic N) is 1. The molecule has 84 valence electrons. The van der Waals surface area contributed by atoms with E-state index in [1.807, 2.05) is 37.3 Å². The van der Waals surface area contributed by atoms with Crippen molar-refractivity contribution in [1.82, 2.24) is 15.0 Å². The van der Waals surface area contributed by atoms with Crippen LogP contribution >= 0.6 is 0 Å². The Labute approximate surface area is 97.3 Å². The lowest BCUT2D eigenvalue weighted by Gasteiger charge is -1.97. The van der Waals surface area contributed by atoms with Crippen molar-refractivity contribution >= 4 is 10.9 Å². The summed E-state index contributed by atoms with van der Waals surface area (Å²) in [6.45, 7) is 1.88. The van der Waals surface area contributed by atoms with Crippen LogP contribution in [0.5, 0.6) is 0 Å². The summed E-state index contributed by atoms with van der Waals surface area (Å²) >= 11 is 0. The fourth-order valence-electron chi connectivity index (χ4n) is 2.06. The maximum absolute atomic E-state index is 11.7. The molecule has 0 fully saturated rings. The minimum absolute atomic E-state index is 0.106. The molecule has 0 aliphatic carbocycles. The molecule has 0 saturated heterocycles. The van der Waals surface area contributed by atoms with Gasteiger partial charge in [-0.3, -0.25) is 4.79 Å². The van der Waals surface area contributed by atoms with Gasteiger partial charge in [-0.2, -0.15) is 0 Å². The van der Waals surface area contributed by atoms with E-state index < -0.39 is 0 Å². The van der Waals surface area contributed by atoms with E-state index in [-0.39, 0.29) is 5.56 Å². The molecule has 3 rings (SSSR count). The van der Waals surface area contributed by atoms with E-state index >= 15 is 0 Å². The van der Waals surface area contributed by atoms with Crippen LogP contribution in [0.1, 0.15) is 5.69 Å². The SMILES string of the molecule is Cc1[nH]c(-c2ccccc2)c2nc[nH]c(=O)c12. The predicted molar refractivity (Wildman–Crippen MR) is 66.9 cm³/mol. The van der Waals surface area contributed by atoms with Gasteiger partial charge >= 0.3 is 0 Å². The molecule has 0 spiro atoms. The highest BCUT2D eigenvalue weighted by molar-refractivity contribution is 5.93. The molecule has 4 heteroatoms. The van der Waals surface area contributed by atoms with Crippen LogP contribution in [0.15, 0.2) is 41.5 Å². The molecule has 3 aromatic rings. The van der Waals surface area contributed by atoms with Crippen LogP contribution in [0.3, 0.4) is 0 Å². The van der Waals surface area contributed by atoms with E-state index in [1.165, 1.54) is 6.33 Å². The number of H-pyrrole nitrogens is 2. The maximum atomic E-state index is 11.7. The van der Waals surface area contributed by atoms with Gasteiger partial charge in [-0.15, -0.1) is 0 Å². The quantitative estimate of drug-likeness (QED) is 0.667. The number of hydrogen-bond donors (Lipinski definition) is 2. The van der Waals surface area contributed by atoms with E-state index in [1.54, 1.807) is 0 Å². The summed E-state index contributed by atoms with van der Waals surface area (Å²) in [5, 5.41) is 0.631. The average molecular weight is 225 g/mol. The van der Waals surface area contributed by atoms with Gasteiger partial charge < -0.3 is 9.97 Å². The van der Waals surface area contributed by atoms with Crippen molar-refractivity contribution in [2.75, 3.05) is 0 Å². The molecule has 4 nitrogen and oxygen atoms in total. The molecule has 2 heterocycles. The molecular formula is C13H11N3O. The zero-order valence-electron chi connectivity index (χ0n) is 9.32. The highest BCUT2D eigenvalue weighted by Crippen LogP contribution is 2.26. The van der Waals surface area contributed by atoms with Crippen LogP contribution in [0.25, 0.3) is 22.2 Å². The third kappa shape index (κ3) is 1.45. The third-order valence-electron chi connectivity index (χ3n) is 2.84. The second-order valence-corrected chi connectivity index (χ2v) is 3.95. The molecule has 0 saturated carbocycles. The van der Waals surface area contributed by atoms with E-state index in [0.29, 0.717) is 5.39 Å². The Morgan fingerprint density at radius 3 is 2.71 bits per heavy atom. The average Bonchev–Trinajstić information content (AvgIpc) is 2.69. The second kappa shape index (κ2) is 3.59. The maximum Gasteiger partial charge on any atom is 0.260 e. The Kier molecular flexibility index (Phi) is 2.08. The molecule has 0 bridgehead atoms. The number of rotatable bonds is 1. The number of fused-ring (bicyclic) bond motifs is 1. The number of hydrogen-bond acceptors (Lipinski definition) is 2. The van der Waals surface area contributed by atoms with Crippen LogP contribution in [0.2, 0.25) is 0 Å². The van der Waals surface area contributed by atoms with Crippen molar-refractivity contribution in [3.05, 3.63) is 52.7 Å². The van der Waals surface area contributed by atoms with Gasteiger partial charge in [0, 0.05) is 11.3 Å². The highest BCUT2D eigenvalue weighted by Gasteiger charge is 2.12. The van der Waals surface area contributed by atoms with Crippen LogP contribution < -0.4 is 5.56 Å². The topological polar surface area (TPSA) is 61.5 Å². The van der Waals surface area contributed by atoms with Crippen molar-refractivity contribution < 1.29 is 0 Å². The largest absolute Gasteiger partial charge is 0.356 e. The monoisotopic (exact) mass is 225 g/mol. The van der Waals surface area contributed by atoms with Crippen molar-refractivity contribution in [3.8, 4) is 11.3 Å². The van der Waals surface area contributed by atoms with Crippen molar-refractivity contribution in [2.24, 2.45) is 0 Å². The van der Waals surface area contributed by atoms with Gasteiger partial charge in [0.05, 0.1) is 17.4 Å². The first-order valence-electron chi connectivity index (χ1n) is 5.39. The van der Waals surface area contributed by atoms with Gasteiger partial charge in [0.2, 0.25) is 0 Å². The van der Waals surface area contributed by atoms with E-state index in [4.69, 9.17) is 0 Å². The van der Waals surface area contributed by atoms with Gasteiger partial charge in [-0.05, 0) is 6.92 Å². The summed E-state index contributed by atoms with van der Waals surface area (Å²) in [7, 11) is 0. The number of aromatic nitrogens is 3. The van der Waals surface area contributed by atoms with Gasteiger partial charge in [-0.25, -0.2) is 4.98 Å². The molecule has 17 heavy (non-hydrogen) atoms. The van der Waals surface area contributed by atoms with Gasteiger partial charge in [0.25, 0.3) is 5.56 Å². The number of benzene rings is 1. The molecule has 2 aromatic heterocycles. The minimum atomic E-state index is -0.106. The smallest absolute Gasteiger partial charge is 0.260 e. The van der Waals surface area contributed by atoms with Crippen molar-refractivity contribution in [3.63, 3.8) is 0 Å². The molecule has 0 unspecified atom stereocenters. The molecule has 1 aromatic carbocycles. The molecule has 0 aliphatic heterocycles. The van der Waals surface area contributed by atoms with E-state index in [0.717, 1.165) is 22.5 Å². The summed E-state index contributed by atoms with van der Waals surface area (Å²) in [6.07, 6.45) is 1.43. The van der Waals surface area contributed by atoms with Crippen molar-refractivity contribution in [1.29, 1.82) is 0 Å². The van der Waals surface area contributed by atoms with Crippen molar-refractivity contribution in [2.45, 2.75) is 6.92 Å². The zero-order chi connectivity index (χ0) is 11.8. The highest BCUT2D eigenvalue weighted by atomic mass is 16.1. The Morgan fingerprint density at radius 1 is 1.18 bits per heavy atom. The molecule has 2 N–H and O–H groups in total. The van der Waals surface area contributed by atoms with E-state index in [9.17, 15) is 4.79 Å². The summed E-state index contributed by atoms with van der Waals surface area (Å²) in [5.74, 6) is 0. The van der Waals surface area contributed by atoms with Gasteiger partial charge in [-0.1, -0.05) is 30.3 Å². The lowest BCUT2D eigenvalue weighted by molar-refractivity contribution is 1.17. The van der Waals surface area contributed by atoms with Crippen LogP contribution in [0, 0.1) is 6.92 Å². The minimum Gasteiger partial charge on any atom is -0.356 e. The lowest BCUT2D eigenvalue weighted by atomic mass is 10.1. The number of aromatic amines is 2. The first-order chi connectivity index (χ1) is 8.27. The molecular weight excluding hydrogens is 214 g/mol. The van der Waals surface area contributed by atoms with Gasteiger partial charge in [0.15, 0.2) is 0 Å². The number of nitrogens with one attached hydrogen (secondary N) is 2. The normalized spacial score (nSPS) is 10.9. The number of aryl methyl sites for hydroxylation is 1. The third-order valence-corrected chi connectivity index (χ3v) is 2.84. The van der Waals surface area contributed by atoms with E-state index in [2.05, 4.69) is 15.0 Å². The predicted octanol–water partition coefficient (Wildman–Crippen LogP) is 2.23. The molecule has 0 atom stereocenters. The first kappa shape index (κ1) is 9.84. The fourth-order valence-corrected chi connectivity index (χ4v) is 2.06. The molecule has 0 aliphatic rings. The summed E-state index contributed by atoms with van der Waals surface area (Å²) in [5.41, 5.74) is 3.38. The Morgan fingerprint density at radius 2 is 1.94 bits per heavy atom. The Bertz CT molecular complexity index is 725. The Hall–Kier alpha value is -2.36. The first-order valence-corrected chi connectivity index (χ1v) is 5.39. The summed E-state index contributed by atoms with van der Waals surface area (Å²) < 4.78 is 0. The Balaban J connectivity index is 2.40. The molecule has 0 radical (unpaired) electrons.